The van der Waals surface area contributed by atoms with Gasteiger partial charge in [0, 0.05) is 23.4 Å². The number of benzene rings is 2. The number of non-ortho nitro benzene ring substituents is 1. The van der Waals surface area contributed by atoms with Crippen molar-refractivity contribution in [3.63, 3.8) is 0 Å². The van der Waals surface area contributed by atoms with Gasteiger partial charge in [0.05, 0.1) is 27.4 Å². The van der Waals surface area contributed by atoms with Crippen LogP contribution in [0.15, 0.2) is 42.5 Å². The van der Waals surface area contributed by atoms with E-state index < -0.39 is 16.9 Å². The summed E-state index contributed by atoms with van der Waals surface area (Å²) >= 11 is 0. The van der Waals surface area contributed by atoms with Gasteiger partial charge in [-0.1, -0.05) is 12.1 Å². The van der Waals surface area contributed by atoms with Gasteiger partial charge in [-0.3, -0.25) is 10.1 Å². The summed E-state index contributed by atoms with van der Waals surface area (Å²) in [5.74, 6) is -2.52. The molecule has 0 radical (unpaired) electrons. The summed E-state index contributed by atoms with van der Waals surface area (Å²) in [5, 5.41) is 34.0. The Morgan fingerprint density at radius 3 is 2.18 bits per heavy atom. The summed E-state index contributed by atoms with van der Waals surface area (Å²) < 4.78 is 1.43. The first-order valence-corrected chi connectivity index (χ1v) is 8.12. The highest BCUT2D eigenvalue weighted by atomic mass is 16.6. The topological polar surface area (TPSA) is 136 Å². The first-order chi connectivity index (χ1) is 13.2. The van der Waals surface area contributed by atoms with Gasteiger partial charge in [-0.25, -0.2) is 14.3 Å². The van der Waals surface area contributed by atoms with Gasteiger partial charge in [0.15, 0.2) is 0 Å². The molecule has 2 N–H and O–H groups in total. The molecule has 0 bridgehead atoms. The summed E-state index contributed by atoms with van der Waals surface area (Å²) in [6.45, 7) is 3.44. The standard InChI is InChI=1S/C19H15N3O6/c1-10-17(12-4-3-5-15(7-12)22(27)28)11(2)21(20-10)16-8-13(18(23)24)6-14(9-16)19(25)26/h3-9H,1-2H3,(H,23,24)(H,25,26). The zero-order valence-corrected chi connectivity index (χ0v) is 14.9. The van der Waals surface area contributed by atoms with Crippen molar-refractivity contribution in [3.8, 4) is 16.8 Å². The molecule has 0 aliphatic carbocycles. The molecule has 0 spiro atoms. The molecule has 0 aliphatic rings. The molecule has 0 saturated heterocycles. The van der Waals surface area contributed by atoms with Crippen LogP contribution in [0.1, 0.15) is 32.1 Å². The number of rotatable bonds is 5. The van der Waals surface area contributed by atoms with Crippen molar-refractivity contribution in [2.24, 2.45) is 0 Å². The third-order valence-corrected chi connectivity index (χ3v) is 4.29. The molecule has 9 nitrogen and oxygen atoms in total. The van der Waals surface area contributed by atoms with Crippen LogP contribution in [-0.4, -0.2) is 36.9 Å². The van der Waals surface area contributed by atoms with Crippen LogP contribution in [0.2, 0.25) is 0 Å². The van der Waals surface area contributed by atoms with Gasteiger partial charge < -0.3 is 10.2 Å². The number of aromatic carboxylic acids is 2. The second kappa shape index (κ2) is 6.95. The molecular formula is C19H15N3O6. The molecule has 0 unspecified atom stereocenters. The number of hydrogen-bond acceptors (Lipinski definition) is 5. The molecule has 0 atom stereocenters. The molecule has 1 aromatic heterocycles. The van der Waals surface area contributed by atoms with E-state index in [4.69, 9.17) is 0 Å². The number of nitro groups is 1. The minimum absolute atomic E-state index is 0.0647. The van der Waals surface area contributed by atoms with Gasteiger partial charge in [0.1, 0.15) is 0 Å². The quantitative estimate of drug-likeness (QED) is 0.510. The smallest absolute Gasteiger partial charge is 0.335 e. The molecule has 3 aromatic rings. The molecule has 0 amide bonds. The summed E-state index contributed by atoms with van der Waals surface area (Å²) in [7, 11) is 0. The van der Waals surface area contributed by atoms with Crippen LogP contribution >= 0.6 is 0 Å². The normalized spacial score (nSPS) is 10.6. The van der Waals surface area contributed by atoms with Crippen molar-refractivity contribution < 1.29 is 24.7 Å². The maximum Gasteiger partial charge on any atom is 0.335 e. The van der Waals surface area contributed by atoms with E-state index in [1.807, 2.05) is 0 Å². The fourth-order valence-electron chi connectivity index (χ4n) is 3.07. The highest BCUT2D eigenvalue weighted by Crippen LogP contribution is 2.31. The number of carbonyl (C=O) groups is 2. The molecule has 28 heavy (non-hydrogen) atoms. The van der Waals surface area contributed by atoms with Crippen molar-refractivity contribution in [1.29, 1.82) is 0 Å². The zero-order chi connectivity index (χ0) is 20.6. The van der Waals surface area contributed by atoms with E-state index in [0.717, 1.165) is 6.07 Å². The number of hydrogen-bond donors (Lipinski definition) is 2. The first-order valence-electron chi connectivity index (χ1n) is 8.12. The van der Waals surface area contributed by atoms with Gasteiger partial charge in [0.25, 0.3) is 5.69 Å². The van der Waals surface area contributed by atoms with Crippen molar-refractivity contribution in [2.45, 2.75) is 13.8 Å². The van der Waals surface area contributed by atoms with Gasteiger partial charge >= 0.3 is 11.9 Å². The van der Waals surface area contributed by atoms with Crippen LogP contribution < -0.4 is 0 Å². The van der Waals surface area contributed by atoms with Crippen LogP contribution in [-0.2, 0) is 0 Å². The Kier molecular flexibility index (Phi) is 4.66. The molecular weight excluding hydrogens is 366 g/mol. The molecule has 0 saturated carbocycles. The molecule has 0 aliphatic heterocycles. The molecule has 142 valence electrons. The van der Waals surface area contributed by atoms with Gasteiger partial charge in [-0.2, -0.15) is 5.10 Å². The number of carboxylic acids is 2. The van der Waals surface area contributed by atoms with E-state index in [0.29, 0.717) is 22.5 Å². The van der Waals surface area contributed by atoms with Crippen LogP contribution in [0.5, 0.6) is 0 Å². The van der Waals surface area contributed by atoms with Crippen molar-refractivity contribution >= 4 is 17.6 Å². The minimum Gasteiger partial charge on any atom is -0.478 e. The molecule has 0 fully saturated rings. The third kappa shape index (κ3) is 3.32. The lowest BCUT2D eigenvalue weighted by Gasteiger charge is -2.08. The fourth-order valence-corrected chi connectivity index (χ4v) is 3.07. The molecule has 1 heterocycles. The van der Waals surface area contributed by atoms with Gasteiger partial charge in [0.2, 0.25) is 0 Å². The zero-order valence-electron chi connectivity index (χ0n) is 14.9. The second-order valence-electron chi connectivity index (χ2n) is 6.14. The number of nitro benzene ring substituents is 1. The highest BCUT2D eigenvalue weighted by Gasteiger charge is 2.19. The Morgan fingerprint density at radius 2 is 1.64 bits per heavy atom. The van der Waals surface area contributed by atoms with E-state index in [-0.39, 0.29) is 22.5 Å². The Labute approximate surface area is 158 Å². The Morgan fingerprint density at radius 1 is 1.04 bits per heavy atom. The van der Waals surface area contributed by atoms with Gasteiger partial charge in [-0.15, -0.1) is 0 Å². The van der Waals surface area contributed by atoms with Crippen LogP contribution in [0, 0.1) is 24.0 Å². The van der Waals surface area contributed by atoms with E-state index in [9.17, 15) is 29.9 Å². The van der Waals surface area contributed by atoms with Gasteiger partial charge in [-0.05, 0) is 37.6 Å². The number of aryl methyl sites for hydroxylation is 1. The lowest BCUT2D eigenvalue weighted by atomic mass is 10.0. The molecule has 3 rings (SSSR count). The maximum atomic E-state index is 11.4. The van der Waals surface area contributed by atoms with Crippen molar-refractivity contribution in [3.05, 3.63) is 75.1 Å². The summed E-state index contributed by atoms with van der Waals surface area (Å²) in [4.78, 5) is 33.3. The van der Waals surface area contributed by atoms with E-state index >= 15 is 0 Å². The lowest BCUT2D eigenvalue weighted by Crippen LogP contribution is -2.07. The van der Waals surface area contributed by atoms with Crippen LogP contribution in [0.3, 0.4) is 0 Å². The number of aromatic nitrogens is 2. The number of nitrogens with zero attached hydrogens (tertiary/aromatic N) is 3. The summed E-state index contributed by atoms with van der Waals surface area (Å²) in [5.41, 5.74) is 2.25. The predicted molar refractivity (Wildman–Crippen MR) is 99.0 cm³/mol. The average Bonchev–Trinajstić information content (AvgIpc) is 2.95. The number of carboxylic acid groups (broad SMARTS) is 2. The molecule has 2 aromatic carbocycles. The third-order valence-electron chi connectivity index (χ3n) is 4.29. The SMILES string of the molecule is Cc1nn(-c2cc(C(=O)O)cc(C(=O)O)c2)c(C)c1-c1cccc([N+](=O)[O-])c1. The van der Waals surface area contributed by atoms with E-state index in [2.05, 4.69) is 5.10 Å². The average molecular weight is 381 g/mol. The monoisotopic (exact) mass is 381 g/mol. The van der Waals surface area contributed by atoms with Crippen molar-refractivity contribution in [2.75, 3.05) is 0 Å². The Balaban J connectivity index is 2.20. The lowest BCUT2D eigenvalue weighted by molar-refractivity contribution is -0.384. The predicted octanol–water partition coefficient (Wildman–Crippen LogP) is 3.46. The summed E-state index contributed by atoms with van der Waals surface area (Å²) in [6, 6.07) is 9.81. The van der Waals surface area contributed by atoms with Crippen LogP contribution in [0.4, 0.5) is 5.69 Å². The van der Waals surface area contributed by atoms with Crippen molar-refractivity contribution in [1.82, 2.24) is 9.78 Å². The highest BCUT2D eigenvalue weighted by molar-refractivity contribution is 5.94. The second-order valence-corrected chi connectivity index (χ2v) is 6.14. The minimum atomic E-state index is -1.26. The Hall–Kier alpha value is -4.01. The van der Waals surface area contributed by atoms with E-state index in [1.165, 1.54) is 28.9 Å². The van der Waals surface area contributed by atoms with E-state index in [1.54, 1.807) is 26.0 Å². The summed E-state index contributed by atoms with van der Waals surface area (Å²) in [6.07, 6.45) is 0. The largest absolute Gasteiger partial charge is 0.478 e. The molecule has 9 heteroatoms. The fraction of sp³-hybridized carbons (Fsp3) is 0.105. The van der Waals surface area contributed by atoms with Crippen LogP contribution in [0.25, 0.3) is 16.8 Å². The Bertz CT molecular complexity index is 1100. The first kappa shape index (κ1) is 18.8. The maximum absolute atomic E-state index is 11.4.